The lowest BCUT2D eigenvalue weighted by Crippen LogP contribution is -2.21. The lowest BCUT2D eigenvalue weighted by Gasteiger charge is -2.15. The molecule has 0 aliphatic heterocycles. The van der Waals surface area contributed by atoms with Gasteiger partial charge in [-0.3, -0.25) is 9.48 Å². The average molecular weight is 217 g/mol. The Morgan fingerprint density at radius 3 is 2.56 bits per heavy atom. The third kappa shape index (κ3) is 2.80. The summed E-state index contributed by atoms with van der Waals surface area (Å²) in [7, 11) is 1.79. The minimum atomic E-state index is -0.545. The Balaban J connectivity index is 3.05. The molecule has 0 saturated carbocycles. The number of nitrogens with zero attached hydrogens (tertiary/aromatic N) is 3. The van der Waals surface area contributed by atoms with Crippen molar-refractivity contribution in [1.29, 1.82) is 5.26 Å². The second-order valence-electron chi connectivity index (χ2n) is 4.66. The number of hydrogen-bond acceptors (Lipinski definition) is 3. The van der Waals surface area contributed by atoms with E-state index in [-0.39, 0.29) is 11.4 Å². The average Bonchev–Trinajstić information content (AvgIpc) is 2.58. The highest BCUT2D eigenvalue weighted by atomic mass is 16.1. The fourth-order valence-corrected chi connectivity index (χ4v) is 1.21. The monoisotopic (exact) mass is 217 g/mol. The fourth-order valence-electron chi connectivity index (χ4n) is 1.21. The summed E-state index contributed by atoms with van der Waals surface area (Å²) in [6.45, 7) is 5.37. The van der Waals surface area contributed by atoms with Crippen LogP contribution in [0.15, 0.2) is 17.8 Å². The Labute approximate surface area is 95.2 Å². The van der Waals surface area contributed by atoms with Gasteiger partial charge < -0.3 is 0 Å². The Hall–Kier alpha value is -1.89. The van der Waals surface area contributed by atoms with Crippen LogP contribution in [0.3, 0.4) is 0 Å². The zero-order chi connectivity index (χ0) is 12.3. The van der Waals surface area contributed by atoms with Gasteiger partial charge >= 0.3 is 0 Å². The summed E-state index contributed by atoms with van der Waals surface area (Å²) >= 11 is 0. The molecule has 0 radical (unpaired) electrons. The first-order chi connectivity index (χ1) is 7.34. The molecule has 0 spiro atoms. The molecular formula is C12H15N3O. The highest BCUT2D eigenvalue weighted by Gasteiger charge is 2.25. The highest BCUT2D eigenvalue weighted by molar-refractivity contribution is 6.05. The molecule has 0 aromatic carbocycles. The maximum Gasteiger partial charge on any atom is 0.178 e. The van der Waals surface area contributed by atoms with E-state index in [4.69, 9.17) is 5.26 Å². The topological polar surface area (TPSA) is 58.7 Å². The van der Waals surface area contributed by atoms with Crippen molar-refractivity contribution in [3.8, 4) is 6.07 Å². The SMILES string of the molecule is Cn1ccc(C=C(C#N)C(=O)C(C)(C)C)n1. The first-order valence-corrected chi connectivity index (χ1v) is 5.01. The Morgan fingerprint density at radius 2 is 2.19 bits per heavy atom. The minimum Gasteiger partial charge on any atom is -0.293 e. The molecule has 0 aliphatic rings. The number of allylic oxidation sites excluding steroid dienone is 1. The van der Waals surface area contributed by atoms with Crippen LogP contribution in [0.25, 0.3) is 6.08 Å². The van der Waals surface area contributed by atoms with E-state index in [9.17, 15) is 4.79 Å². The molecule has 1 aromatic heterocycles. The number of aryl methyl sites for hydroxylation is 1. The van der Waals surface area contributed by atoms with Gasteiger partial charge in [-0.15, -0.1) is 0 Å². The standard InChI is InChI=1S/C12H15N3O/c1-12(2,3)11(16)9(8-13)7-10-5-6-15(4)14-10/h5-7H,1-4H3. The number of carbonyl (C=O) groups is 1. The van der Waals surface area contributed by atoms with Crippen molar-refractivity contribution >= 4 is 11.9 Å². The summed E-state index contributed by atoms with van der Waals surface area (Å²) in [5, 5.41) is 13.1. The summed E-state index contributed by atoms with van der Waals surface area (Å²) in [5.41, 5.74) is 0.221. The van der Waals surface area contributed by atoms with E-state index in [2.05, 4.69) is 5.10 Å². The van der Waals surface area contributed by atoms with E-state index in [1.165, 1.54) is 6.08 Å². The molecule has 84 valence electrons. The number of aromatic nitrogens is 2. The number of Topliss-reactive ketones (excluding diaryl/α,β-unsaturated/α-hetero) is 1. The third-order valence-corrected chi connectivity index (χ3v) is 2.07. The molecule has 0 saturated heterocycles. The quantitative estimate of drug-likeness (QED) is 0.562. The van der Waals surface area contributed by atoms with E-state index < -0.39 is 5.41 Å². The zero-order valence-corrected chi connectivity index (χ0v) is 9.98. The van der Waals surface area contributed by atoms with E-state index in [1.54, 1.807) is 44.8 Å². The summed E-state index contributed by atoms with van der Waals surface area (Å²) < 4.78 is 1.63. The van der Waals surface area contributed by atoms with Gasteiger partial charge in [-0.05, 0) is 12.1 Å². The van der Waals surface area contributed by atoms with Gasteiger partial charge in [0.25, 0.3) is 0 Å². The predicted octanol–water partition coefficient (Wildman–Crippen LogP) is 1.94. The fraction of sp³-hybridized carbons (Fsp3) is 0.417. The Bertz CT molecular complexity index is 469. The second-order valence-corrected chi connectivity index (χ2v) is 4.66. The smallest absolute Gasteiger partial charge is 0.178 e. The normalized spacial score (nSPS) is 12.3. The van der Waals surface area contributed by atoms with Gasteiger partial charge in [-0.25, -0.2) is 0 Å². The van der Waals surface area contributed by atoms with Gasteiger partial charge in [-0.1, -0.05) is 20.8 Å². The molecule has 0 N–H and O–H groups in total. The summed E-state index contributed by atoms with van der Waals surface area (Å²) in [6, 6.07) is 3.69. The van der Waals surface area contributed by atoms with E-state index >= 15 is 0 Å². The molecule has 4 heteroatoms. The van der Waals surface area contributed by atoms with Crippen LogP contribution in [0.5, 0.6) is 0 Å². The molecule has 0 fully saturated rings. The molecule has 1 aromatic rings. The van der Waals surface area contributed by atoms with Crippen molar-refractivity contribution < 1.29 is 4.79 Å². The van der Waals surface area contributed by atoms with Crippen LogP contribution in [-0.4, -0.2) is 15.6 Å². The summed E-state index contributed by atoms with van der Waals surface area (Å²) in [4.78, 5) is 11.9. The molecule has 0 aliphatic carbocycles. The van der Waals surface area contributed by atoms with Gasteiger partial charge in [0, 0.05) is 18.7 Å². The lowest BCUT2D eigenvalue weighted by atomic mass is 9.86. The lowest BCUT2D eigenvalue weighted by molar-refractivity contribution is -0.121. The van der Waals surface area contributed by atoms with Crippen molar-refractivity contribution in [1.82, 2.24) is 9.78 Å². The molecule has 0 bridgehead atoms. The minimum absolute atomic E-state index is 0.145. The van der Waals surface area contributed by atoms with Crippen molar-refractivity contribution in [2.24, 2.45) is 12.5 Å². The van der Waals surface area contributed by atoms with Crippen molar-refractivity contribution in [3.63, 3.8) is 0 Å². The molecular weight excluding hydrogens is 202 g/mol. The predicted molar refractivity (Wildman–Crippen MR) is 61.3 cm³/mol. The Morgan fingerprint density at radius 1 is 1.56 bits per heavy atom. The zero-order valence-electron chi connectivity index (χ0n) is 9.98. The maximum absolute atomic E-state index is 11.9. The van der Waals surface area contributed by atoms with Gasteiger partial charge in [-0.2, -0.15) is 10.4 Å². The van der Waals surface area contributed by atoms with Crippen molar-refractivity contribution in [2.75, 3.05) is 0 Å². The van der Waals surface area contributed by atoms with E-state index in [0.717, 1.165) is 0 Å². The first kappa shape index (κ1) is 12.2. The molecule has 4 nitrogen and oxygen atoms in total. The van der Waals surface area contributed by atoms with Gasteiger partial charge in [0.15, 0.2) is 5.78 Å². The van der Waals surface area contributed by atoms with Crippen LogP contribution in [0.1, 0.15) is 26.5 Å². The Kier molecular flexibility index (Phi) is 3.28. The first-order valence-electron chi connectivity index (χ1n) is 5.01. The molecule has 0 atom stereocenters. The van der Waals surface area contributed by atoms with Crippen LogP contribution in [0, 0.1) is 16.7 Å². The van der Waals surface area contributed by atoms with Crippen LogP contribution in [-0.2, 0) is 11.8 Å². The highest BCUT2D eigenvalue weighted by Crippen LogP contribution is 2.20. The number of carbonyl (C=O) groups excluding carboxylic acids is 1. The van der Waals surface area contributed by atoms with E-state index in [0.29, 0.717) is 5.69 Å². The largest absolute Gasteiger partial charge is 0.293 e. The number of rotatable bonds is 2. The van der Waals surface area contributed by atoms with Crippen molar-refractivity contribution in [2.45, 2.75) is 20.8 Å². The van der Waals surface area contributed by atoms with Crippen LogP contribution >= 0.6 is 0 Å². The molecule has 0 unspecified atom stereocenters. The van der Waals surface area contributed by atoms with Crippen LogP contribution in [0.4, 0.5) is 0 Å². The van der Waals surface area contributed by atoms with Crippen LogP contribution < -0.4 is 0 Å². The van der Waals surface area contributed by atoms with E-state index in [1.807, 2.05) is 6.07 Å². The van der Waals surface area contributed by atoms with Crippen LogP contribution in [0.2, 0.25) is 0 Å². The maximum atomic E-state index is 11.9. The number of nitriles is 1. The number of ketones is 1. The summed E-state index contributed by atoms with van der Waals surface area (Å²) in [6.07, 6.45) is 3.29. The third-order valence-electron chi connectivity index (χ3n) is 2.07. The number of hydrogen-bond donors (Lipinski definition) is 0. The molecule has 0 amide bonds. The van der Waals surface area contributed by atoms with Gasteiger partial charge in [0.05, 0.1) is 11.3 Å². The molecule has 1 heterocycles. The van der Waals surface area contributed by atoms with Crippen molar-refractivity contribution in [3.05, 3.63) is 23.5 Å². The van der Waals surface area contributed by atoms with Gasteiger partial charge in [0.1, 0.15) is 6.07 Å². The second kappa shape index (κ2) is 4.31. The molecule has 16 heavy (non-hydrogen) atoms. The van der Waals surface area contributed by atoms with Gasteiger partial charge in [0.2, 0.25) is 0 Å². The molecule has 1 rings (SSSR count). The summed E-state index contributed by atoms with van der Waals surface area (Å²) in [5.74, 6) is -0.166.